The van der Waals surface area contributed by atoms with E-state index in [9.17, 15) is 0 Å². The summed E-state index contributed by atoms with van der Waals surface area (Å²) in [5.41, 5.74) is 42.3. The van der Waals surface area contributed by atoms with Gasteiger partial charge in [-0.15, -0.1) is 0 Å². The molecular formula is C112H140N7+7. The Labute approximate surface area is 743 Å². The maximum absolute atomic E-state index is 7.77. The third-order valence-corrected chi connectivity index (χ3v) is 23.0. The predicted octanol–water partition coefficient (Wildman–Crippen LogP) is 23.9. The Morgan fingerprint density at radius 2 is 0.462 bits per heavy atom. The third-order valence-electron chi connectivity index (χ3n) is 23.0. The maximum atomic E-state index is 7.77. The van der Waals surface area contributed by atoms with Crippen LogP contribution in [-0.2, 0) is 49.3 Å². The Bertz CT molecular complexity index is 6730. The lowest BCUT2D eigenvalue weighted by molar-refractivity contribution is -0.667. The zero-order valence-corrected chi connectivity index (χ0v) is 76.3. The van der Waals surface area contributed by atoms with Crippen molar-refractivity contribution in [1.29, 1.82) is 0 Å². The molecule has 616 valence electrons. The van der Waals surface area contributed by atoms with Crippen LogP contribution in [-0.4, -0.2) is 0 Å². The number of rotatable bonds is 7. The number of aryl methyl sites for hydroxylation is 27. The SMILES string of the molecule is Cc1cc(C)[n+](C)c(-c2c(C)cccc2C)c1.Cc1ccc(-c2cc(C)cc(C)[n+]2C)c(C)c1.Cc1ccc(C)c(-c2cc(C)cc(C)[n+]2C)c1.Cc1ccccc1-c1c(C)c(C)cc(C)[n+]1C.[2H]C([2H])([2H])c1cc(C)[n+](C)c(-c2c(C)cccc2C([2H])([2H])[2H])c1.[2H]C([2H])([2H])c1ccc(-c2cc(C([2H])([2H])[2H])cc(C)[n+]2C)c(C)c1.[2H]C([2H])([2H])c1ccc(C)c(-c2cc(C([2H])([2H])[2H])cc(C)[n+]2C)c1. The van der Waals surface area contributed by atoms with Crippen molar-refractivity contribution in [2.45, 2.75) is 193 Å². The smallest absolute Gasteiger partial charge is 0.199 e. The van der Waals surface area contributed by atoms with Crippen molar-refractivity contribution >= 4 is 0 Å². The van der Waals surface area contributed by atoms with Crippen LogP contribution in [0.25, 0.3) is 78.8 Å². The second kappa shape index (κ2) is 40.8. The first kappa shape index (κ1) is 69.5. The molecule has 14 rings (SSSR count). The zero-order valence-electron chi connectivity index (χ0n) is 94.3. The minimum Gasteiger partial charge on any atom is -0.199 e. The fourth-order valence-corrected chi connectivity index (χ4v) is 15.4. The van der Waals surface area contributed by atoms with Crippen LogP contribution in [0.4, 0.5) is 0 Å². The summed E-state index contributed by atoms with van der Waals surface area (Å²) in [6.07, 6.45) is 0. The monoisotopic (exact) mass is 1600 g/mol. The van der Waals surface area contributed by atoms with Gasteiger partial charge in [-0.25, -0.2) is 0 Å². The molecule has 0 saturated heterocycles. The summed E-state index contributed by atoms with van der Waals surface area (Å²) in [5.74, 6) is 0. The van der Waals surface area contributed by atoms with Crippen molar-refractivity contribution in [2.75, 3.05) is 0 Å². The van der Waals surface area contributed by atoms with Crippen LogP contribution in [0, 0.1) is 193 Å². The molecule has 7 aromatic carbocycles. The van der Waals surface area contributed by atoms with Crippen LogP contribution in [0.5, 0.6) is 0 Å². The number of nitrogens with zero attached hydrogens (tertiary/aromatic N) is 7. The Hall–Kier alpha value is -11.4. The Kier molecular flexibility index (Phi) is 23.9. The average molecular weight is 1600 g/mol. The van der Waals surface area contributed by atoms with Gasteiger partial charge in [-0.3, -0.25) is 0 Å². The minimum atomic E-state index is -2.27. The Balaban J connectivity index is 0.000000197. The van der Waals surface area contributed by atoms with Gasteiger partial charge in [0.25, 0.3) is 0 Å². The van der Waals surface area contributed by atoms with Gasteiger partial charge in [0.1, 0.15) is 49.3 Å². The highest BCUT2D eigenvalue weighted by Crippen LogP contribution is 2.31. The summed E-state index contributed by atoms with van der Waals surface area (Å²) in [4.78, 5) is 0. The summed E-state index contributed by atoms with van der Waals surface area (Å²) in [6, 6.07) is 68.8. The van der Waals surface area contributed by atoms with E-state index in [-0.39, 0.29) is 33.4 Å². The lowest BCUT2D eigenvalue weighted by atomic mass is 9.98. The molecule has 0 radical (unpaired) electrons. The van der Waals surface area contributed by atoms with Gasteiger partial charge in [0.2, 0.25) is 39.9 Å². The molecule has 119 heavy (non-hydrogen) atoms. The number of pyridine rings is 7. The van der Waals surface area contributed by atoms with Gasteiger partial charge in [-0.05, 0) is 264 Å². The molecule has 0 spiro atoms. The van der Waals surface area contributed by atoms with Crippen LogP contribution in [0.15, 0.2) is 212 Å². The second-order valence-corrected chi connectivity index (χ2v) is 32.6. The van der Waals surface area contributed by atoms with Crippen LogP contribution >= 0.6 is 0 Å². The van der Waals surface area contributed by atoms with Crippen LogP contribution in [0.1, 0.15) is 181 Å². The molecule has 0 aliphatic rings. The lowest BCUT2D eigenvalue weighted by Gasteiger charge is -2.10. The molecule has 0 saturated carbocycles. The van der Waals surface area contributed by atoms with E-state index in [1.807, 2.05) is 82.5 Å². The predicted molar refractivity (Wildman–Crippen MR) is 504 cm³/mol. The first-order chi connectivity index (χ1) is 63.2. The molecule has 0 fully saturated rings. The number of hydrogen-bond acceptors (Lipinski definition) is 0. The number of benzene rings is 7. The molecule has 0 aliphatic carbocycles. The fourth-order valence-electron chi connectivity index (χ4n) is 15.4. The number of aromatic nitrogens is 7. The van der Waals surface area contributed by atoms with Crippen LogP contribution in [0.2, 0.25) is 0 Å². The summed E-state index contributed by atoms with van der Waals surface area (Å²) >= 11 is 0. The van der Waals surface area contributed by atoms with E-state index in [0.29, 0.717) is 17.0 Å². The minimum absolute atomic E-state index is 0.211. The topological polar surface area (TPSA) is 27.2 Å². The van der Waals surface area contributed by atoms with Crippen molar-refractivity contribution in [1.82, 2.24) is 0 Å². The fraction of sp³-hybridized carbons (Fsp3) is 0.312. The first-order valence-corrected chi connectivity index (χ1v) is 40.8. The molecule has 0 aliphatic heterocycles. The van der Waals surface area contributed by atoms with E-state index >= 15 is 0 Å². The van der Waals surface area contributed by atoms with Gasteiger partial charge in [-0.2, -0.15) is 32.0 Å². The molecule has 7 aromatic heterocycles. The van der Waals surface area contributed by atoms with Gasteiger partial charge in [-0.1, -0.05) is 125 Å². The molecule has 0 amide bonds. The van der Waals surface area contributed by atoms with Crippen molar-refractivity contribution in [2.24, 2.45) is 49.3 Å². The summed E-state index contributed by atoms with van der Waals surface area (Å²) in [5, 5.41) is 0. The van der Waals surface area contributed by atoms with Gasteiger partial charge < -0.3 is 0 Å². The van der Waals surface area contributed by atoms with Gasteiger partial charge in [0.15, 0.2) is 39.9 Å². The molecule has 0 atom stereocenters. The summed E-state index contributed by atoms with van der Waals surface area (Å²) in [7, 11) is 14.1. The first-order valence-electron chi connectivity index (χ1n) is 49.8. The van der Waals surface area contributed by atoms with Crippen LogP contribution < -0.4 is 32.0 Å². The third kappa shape index (κ3) is 23.3. The molecule has 14 aromatic rings. The van der Waals surface area contributed by atoms with E-state index in [0.717, 1.165) is 50.6 Å². The Morgan fingerprint density at radius 3 is 0.874 bits per heavy atom. The van der Waals surface area contributed by atoms with E-state index in [2.05, 4.69) is 279 Å². The number of hydrogen-bond donors (Lipinski definition) is 0. The van der Waals surface area contributed by atoms with Crippen molar-refractivity contribution in [3.63, 3.8) is 0 Å². The average Bonchev–Trinajstić information content (AvgIpc) is 0.767. The van der Waals surface area contributed by atoms with E-state index in [4.69, 9.17) is 24.7 Å². The van der Waals surface area contributed by atoms with Crippen molar-refractivity contribution in [3.05, 3.63) is 369 Å². The second-order valence-electron chi connectivity index (χ2n) is 32.6. The highest BCUT2D eigenvalue weighted by atomic mass is 15.0. The van der Waals surface area contributed by atoms with Crippen molar-refractivity contribution in [3.8, 4) is 78.8 Å². The molecule has 0 bridgehead atoms. The highest BCUT2D eigenvalue weighted by Gasteiger charge is 2.24. The van der Waals surface area contributed by atoms with Crippen LogP contribution in [0.3, 0.4) is 0 Å². The maximum Gasteiger partial charge on any atom is 0.215 e. The lowest BCUT2D eigenvalue weighted by Crippen LogP contribution is -2.36. The van der Waals surface area contributed by atoms with E-state index in [1.165, 1.54) is 135 Å². The van der Waals surface area contributed by atoms with Gasteiger partial charge in [0.05, 0.1) is 11.1 Å². The summed E-state index contributed by atoms with van der Waals surface area (Å²) < 4.78 is 152. The van der Waals surface area contributed by atoms with E-state index < -0.39 is 41.1 Å². The Morgan fingerprint density at radius 1 is 0.176 bits per heavy atom. The van der Waals surface area contributed by atoms with E-state index in [1.54, 1.807) is 84.9 Å². The normalized spacial score (nSPS) is 13.5. The summed E-state index contributed by atoms with van der Waals surface area (Å²) in [6.45, 7) is 32.5. The molecular weight excluding hydrogens is 1440 g/mol. The quantitative estimate of drug-likeness (QED) is 0.142. The van der Waals surface area contributed by atoms with Gasteiger partial charge in [0, 0.05) is 185 Å². The largest absolute Gasteiger partial charge is 0.215 e. The molecule has 0 unspecified atom stereocenters. The molecule has 7 nitrogen and oxygen atoms in total. The molecule has 7 heterocycles. The van der Waals surface area contributed by atoms with Gasteiger partial charge >= 0.3 is 0 Å². The zero-order chi connectivity index (χ0) is 103. The standard InChI is InChI=1S/7C16H20N/c2*1-11-6-7-13(3)15(9-11)16-10-12(2)8-14(4)17(16)5;2*1-11-6-7-15(13(3)8-11)16-10-12(2)9-14(4)17(16)5;2*1-11-9-14(4)17(5)15(10-11)16-12(2)7-6-8-13(16)3;1-11-8-6-7-9-15(11)16-14(4)12(2)10-13(3)17(16)5/h7*6-10H,1-5H3/q7*+1/i1D3,2D3;;1D3,2D3;;1D3,2D3;;. The molecule has 0 N–H and O–H groups in total. The molecule has 7 heteroatoms. The van der Waals surface area contributed by atoms with Crippen molar-refractivity contribution < 1.29 is 56.6 Å². The highest BCUT2D eigenvalue weighted by molar-refractivity contribution is 5.70.